The monoisotopic (exact) mass is 253 g/mol. The molecule has 1 atom stereocenters. The molecule has 0 saturated heterocycles. The summed E-state index contributed by atoms with van der Waals surface area (Å²) in [6.07, 6.45) is 1.96. The molecule has 0 fully saturated rings. The third-order valence-electron chi connectivity index (χ3n) is 2.71. The fourth-order valence-electron chi connectivity index (χ4n) is 1.67. The molecule has 1 rings (SSSR count). The Morgan fingerprint density at radius 3 is 2.50 bits per heavy atom. The molecule has 0 aliphatic rings. The highest BCUT2D eigenvalue weighted by Crippen LogP contribution is 2.28. The van der Waals surface area contributed by atoms with Crippen molar-refractivity contribution in [2.24, 2.45) is 5.73 Å². The molecule has 18 heavy (non-hydrogen) atoms. The first-order valence-corrected chi connectivity index (χ1v) is 6.24. The Bertz CT molecular complexity index is 353. The van der Waals surface area contributed by atoms with Gasteiger partial charge in [0.2, 0.25) is 0 Å². The predicted octanol–water partition coefficient (Wildman–Crippen LogP) is 2.52. The molecule has 0 radical (unpaired) electrons. The lowest BCUT2D eigenvalue weighted by molar-refractivity contribution is 0.184. The van der Waals surface area contributed by atoms with E-state index in [-0.39, 0.29) is 6.04 Å². The SMILES string of the molecule is COCCCCOc1cc(OC)ccc1[C@H](C)N. The molecule has 4 nitrogen and oxygen atoms in total. The first-order valence-electron chi connectivity index (χ1n) is 6.24. The number of hydrogen-bond acceptors (Lipinski definition) is 4. The van der Waals surface area contributed by atoms with Gasteiger partial charge in [0.05, 0.1) is 13.7 Å². The Kier molecular flexibility index (Phi) is 6.54. The average Bonchev–Trinajstić information content (AvgIpc) is 2.38. The lowest BCUT2D eigenvalue weighted by Crippen LogP contribution is -2.09. The molecule has 0 aromatic heterocycles. The fourth-order valence-corrected chi connectivity index (χ4v) is 1.67. The molecule has 2 N–H and O–H groups in total. The van der Waals surface area contributed by atoms with E-state index in [4.69, 9.17) is 19.9 Å². The summed E-state index contributed by atoms with van der Waals surface area (Å²) in [5.41, 5.74) is 6.92. The number of methoxy groups -OCH3 is 2. The third-order valence-corrected chi connectivity index (χ3v) is 2.71. The second kappa shape index (κ2) is 7.95. The summed E-state index contributed by atoms with van der Waals surface area (Å²) in [5, 5.41) is 0. The standard InChI is InChI=1S/C14H23NO3/c1-11(15)13-7-6-12(17-3)10-14(13)18-9-5-4-8-16-2/h6-7,10-11H,4-5,8-9,15H2,1-3H3/t11-/m0/s1. The van der Waals surface area contributed by atoms with Crippen LogP contribution in [-0.2, 0) is 4.74 Å². The molecule has 0 saturated carbocycles. The van der Waals surface area contributed by atoms with E-state index in [2.05, 4.69) is 0 Å². The van der Waals surface area contributed by atoms with E-state index < -0.39 is 0 Å². The smallest absolute Gasteiger partial charge is 0.127 e. The van der Waals surface area contributed by atoms with Crippen LogP contribution in [0.15, 0.2) is 18.2 Å². The number of nitrogens with two attached hydrogens (primary N) is 1. The lowest BCUT2D eigenvalue weighted by atomic mass is 10.1. The van der Waals surface area contributed by atoms with Crippen molar-refractivity contribution in [3.8, 4) is 11.5 Å². The van der Waals surface area contributed by atoms with Crippen molar-refractivity contribution < 1.29 is 14.2 Å². The molecular formula is C14H23NO3. The van der Waals surface area contributed by atoms with Gasteiger partial charge >= 0.3 is 0 Å². The van der Waals surface area contributed by atoms with Crippen LogP contribution in [0.1, 0.15) is 31.4 Å². The van der Waals surface area contributed by atoms with Crippen LogP contribution in [0, 0.1) is 0 Å². The van der Waals surface area contributed by atoms with Crippen molar-refractivity contribution in [2.75, 3.05) is 27.4 Å². The molecule has 0 unspecified atom stereocenters. The van der Waals surface area contributed by atoms with E-state index in [0.29, 0.717) is 6.61 Å². The van der Waals surface area contributed by atoms with Crippen molar-refractivity contribution in [1.82, 2.24) is 0 Å². The van der Waals surface area contributed by atoms with Crippen molar-refractivity contribution in [2.45, 2.75) is 25.8 Å². The van der Waals surface area contributed by atoms with Crippen LogP contribution < -0.4 is 15.2 Å². The van der Waals surface area contributed by atoms with Crippen LogP contribution in [0.3, 0.4) is 0 Å². The summed E-state index contributed by atoms with van der Waals surface area (Å²) in [5.74, 6) is 1.59. The van der Waals surface area contributed by atoms with Crippen LogP contribution >= 0.6 is 0 Å². The van der Waals surface area contributed by atoms with Crippen molar-refractivity contribution in [1.29, 1.82) is 0 Å². The van der Waals surface area contributed by atoms with Gasteiger partial charge in [0.15, 0.2) is 0 Å². The van der Waals surface area contributed by atoms with Gasteiger partial charge in [-0.15, -0.1) is 0 Å². The van der Waals surface area contributed by atoms with E-state index >= 15 is 0 Å². The zero-order valence-corrected chi connectivity index (χ0v) is 11.4. The maximum absolute atomic E-state index is 5.92. The summed E-state index contributed by atoms with van der Waals surface area (Å²) in [6.45, 7) is 3.37. The fraction of sp³-hybridized carbons (Fsp3) is 0.571. The summed E-state index contributed by atoms with van der Waals surface area (Å²) < 4.78 is 16.0. The first-order chi connectivity index (χ1) is 8.69. The zero-order chi connectivity index (χ0) is 13.4. The molecule has 0 amide bonds. The molecule has 102 valence electrons. The molecule has 0 bridgehead atoms. The van der Waals surface area contributed by atoms with Crippen LogP contribution in [0.4, 0.5) is 0 Å². The van der Waals surface area contributed by atoms with Crippen LogP contribution in [0.5, 0.6) is 11.5 Å². The second-order valence-electron chi connectivity index (χ2n) is 4.24. The molecule has 0 aliphatic heterocycles. The van der Waals surface area contributed by atoms with E-state index in [0.717, 1.165) is 36.5 Å². The Labute approximate surface area is 109 Å². The minimum absolute atomic E-state index is 0.0510. The Hall–Kier alpha value is -1.26. The van der Waals surface area contributed by atoms with Gasteiger partial charge in [0.1, 0.15) is 11.5 Å². The van der Waals surface area contributed by atoms with Gasteiger partial charge in [0, 0.05) is 31.4 Å². The minimum Gasteiger partial charge on any atom is -0.497 e. The van der Waals surface area contributed by atoms with Crippen molar-refractivity contribution in [3.05, 3.63) is 23.8 Å². The molecular weight excluding hydrogens is 230 g/mol. The number of rotatable bonds is 8. The number of benzene rings is 1. The summed E-state index contributed by atoms with van der Waals surface area (Å²) in [4.78, 5) is 0. The second-order valence-corrected chi connectivity index (χ2v) is 4.24. The normalized spacial score (nSPS) is 12.2. The maximum atomic E-state index is 5.92. The number of hydrogen-bond donors (Lipinski definition) is 1. The van der Waals surface area contributed by atoms with Crippen LogP contribution in [0.2, 0.25) is 0 Å². The topological polar surface area (TPSA) is 53.7 Å². The van der Waals surface area contributed by atoms with Gasteiger partial charge in [-0.25, -0.2) is 0 Å². The van der Waals surface area contributed by atoms with E-state index in [1.165, 1.54) is 0 Å². The highest BCUT2D eigenvalue weighted by molar-refractivity contribution is 5.42. The maximum Gasteiger partial charge on any atom is 0.127 e. The van der Waals surface area contributed by atoms with Crippen LogP contribution in [-0.4, -0.2) is 27.4 Å². The Balaban J connectivity index is 2.60. The summed E-state index contributed by atoms with van der Waals surface area (Å²) in [6, 6.07) is 5.68. The number of ether oxygens (including phenoxy) is 3. The quantitative estimate of drug-likeness (QED) is 0.723. The molecule has 0 heterocycles. The first kappa shape index (κ1) is 14.8. The Morgan fingerprint density at radius 1 is 1.17 bits per heavy atom. The van der Waals surface area contributed by atoms with Crippen LogP contribution in [0.25, 0.3) is 0 Å². The van der Waals surface area contributed by atoms with E-state index in [1.807, 2.05) is 25.1 Å². The molecule has 1 aromatic rings. The average molecular weight is 253 g/mol. The van der Waals surface area contributed by atoms with Gasteiger partial charge in [0.25, 0.3) is 0 Å². The van der Waals surface area contributed by atoms with Crippen molar-refractivity contribution >= 4 is 0 Å². The third kappa shape index (κ3) is 4.55. The summed E-state index contributed by atoms with van der Waals surface area (Å²) >= 11 is 0. The van der Waals surface area contributed by atoms with Gasteiger partial charge < -0.3 is 19.9 Å². The highest BCUT2D eigenvalue weighted by atomic mass is 16.5. The zero-order valence-electron chi connectivity index (χ0n) is 11.4. The predicted molar refractivity (Wildman–Crippen MR) is 72.2 cm³/mol. The number of unbranched alkanes of at least 4 members (excludes halogenated alkanes) is 1. The molecule has 1 aromatic carbocycles. The Morgan fingerprint density at radius 2 is 1.89 bits per heavy atom. The lowest BCUT2D eigenvalue weighted by Gasteiger charge is -2.15. The molecule has 0 spiro atoms. The minimum atomic E-state index is -0.0510. The van der Waals surface area contributed by atoms with E-state index in [1.54, 1.807) is 14.2 Å². The largest absolute Gasteiger partial charge is 0.497 e. The van der Waals surface area contributed by atoms with Gasteiger partial charge in [-0.2, -0.15) is 0 Å². The van der Waals surface area contributed by atoms with Gasteiger partial charge in [-0.05, 0) is 25.8 Å². The molecule has 0 aliphatic carbocycles. The van der Waals surface area contributed by atoms with Gasteiger partial charge in [-0.1, -0.05) is 6.07 Å². The highest BCUT2D eigenvalue weighted by Gasteiger charge is 2.09. The van der Waals surface area contributed by atoms with E-state index in [9.17, 15) is 0 Å². The van der Waals surface area contributed by atoms with Crippen molar-refractivity contribution in [3.63, 3.8) is 0 Å². The van der Waals surface area contributed by atoms with Gasteiger partial charge in [-0.3, -0.25) is 0 Å². The summed E-state index contributed by atoms with van der Waals surface area (Å²) in [7, 11) is 3.35. The molecule has 4 heteroatoms.